The summed E-state index contributed by atoms with van der Waals surface area (Å²) in [5, 5.41) is 9.43. The summed E-state index contributed by atoms with van der Waals surface area (Å²) in [6.45, 7) is 5.40. The zero-order chi connectivity index (χ0) is 13.7. The van der Waals surface area contributed by atoms with Crippen molar-refractivity contribution < 1.29 is 0 Å². The van der Waals surface area contributed by atoms with E-state index in [2.05, 4.69) is 61.0 Å². The van der Waals surface area contributed by atoms with Gasteiger partial charge in [0.25, 0.3) is 0 Å². The highest BCUT2D eigenvalue weighted by atomic mass is 32.2. The van der Waals surface area contributed by atoms with E-state index in [-0.39, 0.29) is 0 Å². The Morgan fingerprint density at radius 1 is 1.42 bits per heavy atom. The molecule has 1 aliphatic rings. The van der Waals surface area contributed by atoms with Crippen molar-refractivity contribution in [3.63, 3.8) is 0 Å². The van der Waals surface area contributed by atoms with Gasteiger partial charge in [0.15, 0.2) is 0 Å². The maximum atomic E-state index is 4.38. The maximum absolute atomic E-state index is 4.38. The molecule has 0 aromatic carbocycles. The maximum Gasteiger partial charge on any atom is 0.0522 e. The number of aromatic nitrogens is 2. The van der Waals surface area contributed by atoms with E-state index in [1.54, 1.807) is 0 Å². The number of rotatable bonds is 6. The smallest absolute Gasteiger partial charge is 0.0522 e. The number of nitrogens with zero attached hydrogens (tertiary/aromatic N) is 2. The van der Waals surface area contributed by atoms with Crippen LogP contribution in [-0.4, -0.2) is 44.9 Å². The molecule has 1 saturated heterocycles. The fourth-order valence-electron chi connectivity index (χ4n) is 2.63. The highest BCUT2D eigenvalue weighted by molar-refractivity contribution is 8.07. The summed E-state index contributed by atoms with van der Waals surface area (Å²) < 4.78 is 2.02. The normalized spacial score (nSPS) is 25.4. The molecule has 0 amide bonds. The summed E-state index contributed by atoms with van der Waals surface area (Å²) >= 11 is 4.30. The van der Waals surface area contributed by atoms with E-state index in [1.807, 2.05) is 10.9 Å². The molecule has 0 aliphatic carbocycles. The summed E-state index contributed by atoms with van der Waals surface area (Å²) in [5.41, 5.74) is 1.35. The van der Waals surface area contributed by atoms with Gasteiger partial charge in [-0.2, -0.15) is 28.6 Å². The van der Waals surface area contributed by atoms with Crippen LogP contribution in [0.25, 0.3) is 0 Å². The van der Waals surface area contributed by atoms with Gasteiger partial charge in [-0.15, -0.1) is 0 Å². The highest BCUT2D eigenvalue weighted by Gasteiger charge is 2.31. The molecule has 1 N–H and O–H groups in total. The first-order chi connectivity index (χ1) is 9.28. The summed E-state index contributed by atoms with van der Waals surface area (Å²) in [6.07, 6.45) is 6.57. The van der Waals surface area contributed by atoms with E-state index >= 15 is 0 Å². The number of hydrogen-bond donors (Lipinski definition) is 1. The van der Waals surface area contributed by atoms with Gasteiger partial charge in [-0.25, -0.2) is 0 Å². The van der Waals surface area contributed by atoms with Gasteiger partial charge in [-0.05, 0) is 32.4 Å². The Labute approximate surface area is 125 Å². The highest BCUT2D eigenvalue weighted by Crippen LogP contribution is 2.35. The molecule has 19 heavy (non-hydrogen) atoms. The molecule has 1 fully saturated rings. The van der Waals surface area contributed by atoms with E-state index in [0.717, 1.165) is 23.5 Å². The Kier molecular flexibility index (Phi) is 6.10. The molecule has 3 atom stereocenters. The van der Waals surface area contributed by atoms with Crippen molar-refractivity contribution in [2.45, 2.75) is 49.8 Å². The average Bonchev–Trinajstić information content (AvgIpc) is 2.92. The minimum absolute atomic E-state index is 0.553. The van der Waals surface area contributed by atoms with Crippen LogP contribution in [-0.2, 0) is 13.0 Å². The SMILES string of the molecule is CCC1SCCSC1C(Cc1cnn(CC)c1)NC. The topological polar surface area (TPSA) is 29.9 Å². The van der Waals surface area contributed by atoms with Crippen LogP contribution < -0.4 is 5.32 Å². The van der Waals surface area contributed by atoms with Gasteiger partial charge >= 0.3 is 0 Å². The fourth-order valence-corrected chi connectivity index (χ4v) is 5.94. The Bertz CT molecular complexity index is 381. The second kappa shape index (κ2) is 7.60. The first kappa shape index (κ1) is 15.3. The molecular formula is C14H25N3S2. The Morgan fingerprint density at radius 2 is 2.21 bits per heavy atom. The lowest BCUT2D eigenvalue weighted by molar-refractivity contribution is 0.517. The number of aryl methyl sites for hydroxylation is 1. The van der Waals surface area contributed by atoms with Crippen LogP contribution in [0.4, 0.5) is 0 Å². The van der Waals surface area contributed by atoms with Gasteiger partial charge in [0.1, 0.15) is 0 Å². The van der Waals surface area contributed by atoms with Crippen LogP contribution in [0.5, 0.6) is 0 Å². The lowest BCUT2D eigenvalue weighted by Crippen LogP contribution is -2.44. The first-order valence-corrected chi connectivity index (χ1v) is 9.30. The molecule has 108 valence electrons. The summed E-state index contributed by atoms with van der Waals surface area (Å²) in [5.74, 6) is 2.60. The van der Waals surface area contributed by atoms with Gasteiger partial charge in [0, 0.05) is 40.8 Å². The van der Waals surface area contributed by atoms with Crippen molar-refractivity contribution in [1.82, 2.24) is 15.1 Å². The van der Waals surface area contributed by atoms with Gasteiger partial charge in [-0.3, -0.25) is 4.68 Å². The van der Waals surface area contributed by atoms with Crippen LogP contribution in [0.3, 0.4) is 0 Å². The molecule has 1 aliphatic heterocycles. The van der Waals surface area contributed by atoms with Crippen molar-refractivity contribution in [3.05, 3.63) is 18.0 Å². The second-order valence-electron chi connectivity index (χ2n) is 4.96. The third-order valence-electron chi connectivity index (χ3n) is 3.73. The molecule has 2 rings (SSSR count). The zero-order valence-corrected chi connectivity index (χ0v) is 13.8. The first-order valence-electron chi connectivity index (χ1n) is 7.20. The Hall–Kier alpha value is -0.130. The molecule has 1 aromatic heterocycles. The van der Waals surface area contributed by atoms with Crippen LogP contribution in [0.2, 0.25) is 0 Å². The number of nitrogens with one attached hydrogen (secondary N) is 1. The van der Waals surface area contributed by atoms with Crippen LogP contribution in [0.1, 0.15) is 25.8 Å². The molecule has 0 saturated carbocycles. The average molecular weight is 300 g/mol. The van der Waals surface area contributed by atoms with Crippen LogP contribution >= 0.6 is 23.5 Å². The van der Waals surface area contributed by atoms with Crippen molar-refractivity contribution >= 4 is 23.5 Å². The quantitative estimate of drug-likeness (QED) is 0.874. The fraction of sp³-hybridized carbons (Fsp3) is 0.786. The molecule has 3 nitrogen and oxygen atoms in total. The molecule has 2 heterocycles. The molecule has 1 aromatic rings. The largest absolute Gasteiger partial charge is 0.316 e. The Balaban J connectivity index is 2.01. The molecular weight excluding hydrogens is 274 g/mol. The number of thioether (sulfide) groups is 2. The van der Waals surface area contributed by atoms with Crippen LogP contribution in [0, 0.1) is 0 Å². The van der Waals surface area contributed by atoms with E-state index in [1.165, 1.54) is 23.5 Å². The predicted octanol–water partition coefficient (Wildman–Crippen LogP) is 2.66. The van der Waals surface area contributed by atoms with E-state index in [4.69, 9.17) is 0 Å². The van der Waals surface area contributed by atoms with Gasteiger partial charge in [0.2, 0.25) is 0 Å². The zero-order valence-electron chi connectivity index (χ0n) is 12.1. The standard InChI is InChI=1S/C14H25N3S2/c1-4-13-14(19-7-6-18-13)12(15-3)8-11-9-16-17(5-2)10-11/h9-10,12-15H,4-8H2,1-3H3. The van der Waals surface area contributed by atoms with Crippen molar-refractivity contribution in [1.29, 1.82) is 0 Å². The third kappa shape index (κ3) is 3.92. The predicted molar refractivity (Wildman–Crippen MR) is 87.2 cm³/mol. The van der Waals surface area contributed by atoms with Gasteiger partial charge in [-0.1, -0.05) is 6.92 Å². The second-order valence-corrected chi connectivity index (χ2v) is 7.59. The third-order valence-corrected chi connectivity index (χ3v) is 7.14. The van der Waals surface area contributed by atoms with Crippen molar-refractivity contribution in [2.75, 3.05) is 18.6 Å². The molecule has 0 bridgehead atoms. The number of hydrogen-bond acceptors (Lipinski definition) is 4. The molecule has 0 spiro atoms. The summed E-state index contributed by atoms with van der Waals surface area (Å²) in [6, 6.07) is 0.553. The minimum atomic E-state index is 0.553. The molecule has 3 unspecified atom stereocenters. The minimum Gasteiger partial charge on any atom is -0.316 e. The molecule has 0 radical (unpaired) electrons. The van der Waals surface area contributed by atoms with E-state index < -0.39 is 0 Å². The van der Waals surface area contributed by atoms with Crippen molar-refractivity contribution in [3.8, 4) is 0 Å². The Morgan fingerprint density at radius 3 is 2.84 bits per heavy atom. The molecule has 5 heteroatoms. The lowest BCUT2D eigenvalue weighted by atomic mass is 10.0. The lowest BCUT2D eigenvalue weighted by Gasteiger charge is -2.35. The summed E-state index contributed by atoms with van der Waals surface area (Å²) in [4.78, 5) is 0. The summed E-state index contributed by atoms with van der Waals surface area (Å²) in [7, 11) is 2.10. The van der Waals surface area contributed by atoms with Gasteiger partial charge in [0.05, 0.1) is 6.20 Å². The van der Waals surface area contributed by atoms with E-state index in [9.17, 15) is 0 Å². The monoisotopic (exact) mass is 299 g/mol. The van der Waals surface area contributed by atoms with Crippen molar-refractivity contribution in [2.24, 2.45) is 0 Å². The van der Waals surface area contributed by atoms with Crippen LogP contribution in [0.15, 0.2) is 12.4 Å². The van der Waals surface area contributed by atoms with Gasteiger partial charge < -0.3 is 5.32 Å². The van der Waals surface area contributed by atoms with E-state index in [0.29, 0.717) is 6.04 Å². The number of likely N-dealkylation sites (N-methyl/N-ethyl adjacent to an activating group) is 1.